The first-order valence-corrected chi connectivity index (χ1v) is 5.45. The standard InChI is InChI=1S/C12H15N3O2/c1-9-14-11(12(16)13-6-8-17-2)10-5-3-4-7-15(9)10/h3-5,7H,6,8H2,1-2H3,(H,13,16). The molecule has 5 heteroatoms. The van der Waals surface area contributed by atoms with Crippen molar-refractivity contribution in [2.24, 2.45) is 0 Å². The number of amides is 1. The lowest BCUT2D eigenvalue weighted by Gasteiger charge is -2.02. The van der Waals surface area contributed by atoms with Crippen molar-refractivity contribution in [2.75, 3.05) is 20.3 Å². The van der Waals surface area contributed by atoms with Crippen molar-refractivity contribution >= 4 is 11.4 Å². The van der Waals surface area contributed by atoms with Gasteiger partial charge in [0.25, 0.3) is 5.91 Å². The number of hydrogen-bond acceptors (Lipinski definition) is 3. The first kappa shape index (κ1) is 11.6. The Kier molecular flexibility index (Phi) is 3.39. The molecule has 0 saturated heterocycles. The molecule has 1 N–H and O–H groups in total. The van der Waals surface area contributed by atoms with Crippen molar-refractivity contribution in [1.82, 2.24) is 14.7 Å². The Morgan fingerprint density at radius 2 is 2.35 bits per heavy atom. The van der Waals surface area contributed by atoms with Crippen LogP contribution in [0.3, 0.4) is 0 Å². The highest BCUT2D eigenvalue weighted by molar-refractivity contribution is 5.99. The van der Waals surface area contributed by atoms with Crippen LogP contribution < -0.4 is 5.32 Å². The van der Waals surface area contributed by atoms with Crippen LogP contribution in [0.2, 0.25) is 0 Å². The third-order valence-electron chi connectivity index (χ3n) is 2.53. The molecule has 0 aliphatic carbocycles. The number of aromatic nitrogens is 2. The van der Waals surface area contributed by atoms with Gasteiger partial charge >= 0.3 is 0 Å². The third kappa shape index (κ3) is 2.29. The van der Waals surface area contributed by atoms with Gasteiger partial charge in [0.1, 0.15) is 5.82 Å². The molecule has 0 aliphatic heterocycles. The van der Waals surface area contributed by atoms with Crippen LogP contribution in [0.1, 0.15) is 16.3 Å². The molecule has 0 atom stereocenters. The summed E-state index contributed by atoms with van der Waals surface area (Å²) in [5.41, 5.74) is 1.28. The second kappa shape index (κ2) is 4.97. The van der Waals surface area contributed by atoms with Gasteiger partial charge in [-0.1, -0.05) is 6.07 Å². The van der Waals surface area contributed by atoms with E-state index in [1.165, 1.54) is 0 Å². The van der Waals surface area contributed by atoms with Crippen molar-refractivity contribution in [2.45, 2.75) is 6.92 Å². The van der Waals surface area contributed by atoms with E-state index in [-0.39, 0.29) is 5.91 Å². The van der Waals surface area contributed by atoms with Crippen LogP contribution >= 0.6 is 0 Å². The Labute approximate surface area is 99.4 Å². The first-order chi connectivity index (χ1) is 8.24. The Balaban J connectivity index is 2.26. The average Bonchev–Trinajstić information content (AvgIpc) is 2.68. The van der Waals surface area contributed by atoms with Gasteiger partial charge in [-0.15, -0.1) is 0 Å². The smallest absolute Gasteiger partial charge is 0.272 e. The Morgan fingerprint density at radius 3 is 3.12 bits per heavy atom. The number of pyridine rings is 1. The maximum Gasteiger partial charge on any atom is 0.272 e. The number of ether oxygens (including phenoxy) is 1. The van der Waals surface area contributed by atoms with Crippen molar-refractivity contribution in [3.8, 4) is 0 Å². The van der Waals surface area contributed by atoms with E-state index < -0.39 is 0 Å². The van der Waals surface area contributed by atoms with Crippen LogP contribution in [-0.2, 0) is 4.74 Å². The van der Waals surface area contributed by atoms with E-state index in [1.54, 1.807) is 7.11 Å². The summed E-state index contributed by atoms with van der Waals surface area (Å²) in [7, 11) is 1.60. The van der Waals surface area contributed by atoms with Crippen LogP contribution in [0.5, 0.6) is 0 Å². The lowest BCUT2D eigenvalue weighted by Crippen LogP contribution is -2.27. The molecule has 0 saturated carbocycles. The highest BCUT2D eigenvalue weighted by Gasteiger charge is 2.14. The molecule has 2 aromatic heterocycles. The lowest BCUT2D eigenvalue weighted by molar-refractivity contribution is 0.0934. The molecular weight excluding hydrogens is 218 g/mol. The molecule has 0 aliphatic rings. The molecule has 0 fully saturated rings. The maximum atomic E-state index is 11.9. The molecule has 0 radical (unpaired) electrons. The number of hydrogen-bond donors (Lipinski definition) is 1. The summed E-state index contributed by atoms with van der Waals surface area (Å²) in [6, 6.07) is 5.68. The molecule has 90 valence electrons. The normalized spacial score (nSPS) is 10.7. The van der Waals surface area contributed by atoms with E-state index >= 15 is 0 Å². The molecule has 0 aromatic carbocycles. The Bertz CT molecular complexity index is 534. The summed E-state index contributed by atoms with van der Waals surface area (Å²) in [5.74, 6) is 0.636. The van der Waals surface area contributed by atoms with Crippen molar-refractivity contribution in [3.63, 3.8) is 0 Å². The monoisotopic (exact) mass is 233 g/mol. The third-order valence-corrected chi connectivity index (χ3v) is 2.53. The predicted molar refractivity (Wildman–Crippen MR) is 64.1 cm³/mol. The summed E-state index contributed by atoms with van der Waals surface area (Å²) < 4.78 is 6.77. The van der Waals surface area contributed by atoms with E-state index in [9.17, 15) is 4.79 Å². The highest BCUT2D eigenvalue weighted by Crippen LogP contribution is 2.12. The summed E-state index contributed by atoms with van der Waals surface area (Å²) in [4.78, 5) is 16.2. The molecule has 2 heterocycles. The fourth-order valence-corrected chi connectivity index (χ4v) is 1.71. The highest BCUT2D eigenvalue weighted by atomic mass is 16.5. The van der Waals surface area contributed by atoms with Gasteiger partial charge in [-0.3, -0.25) is 4.79 Å². The number of nitrogens with one attached hydrogen (secondary N) is 1. The molecule has 1 amide bonds. The van der Waals surface area contributed by atoms with E-state index in [1.807, 2.05) is 35.7 Å². The van der Waals surface area contributed by atoms with Gasteiger partial charge in [-0.25, -0.2) is 4.98 Å². The summed E-state index contributed by atoms with van der Waals surface area (Å²) in [6.45, 7) is 2.86. The summed E-state index contributed by atoms with van der Waals surface area (Å²) in [5, 5.41) is 2.77. The topological polar surface area (TPSA) is 55.6 Å². The summed E-state index contributed by atoms with van der Waals surface area (Å²) in [6.07, 6.45) is 1.89. The molecule has 0 unspecified atom stereocenters. The van der Waals surface area contributed by atoms with Gasteiger partial charge in [0.15, 0.2) is 5.69 Å². The SMILES string of the molecule is COCCNC(=O)c1nc(C)n2ccccc12. The number of carbonyl (C=O) groups excluding carboxylic acids is 1. The number of imidazole rings is 1. The minimum absolute atomic E-state index is 0.168. The number of methoxy groups -OCH3 is 1. The van der Waals surface area contributed by atoms with Gasteiger partial charge < -0.3 is 14.5 Å². The Hall–Kier alpha value is -1.88. The quantitative estimate of drug-likeness (QED) is 0.802. The number of aryl methyl sites for hydroxylation is 1. The van der Waals surface area contributed by atoms with Gasteiger partial charge in [0, 0.05) is 19.9 Å². The molecule has 2 aromatic rings. The number of rotatable bonds is 4. The summed E-state index contributed by atoms with van der Waals surface area (Å²) >= 11 is 0. The van der Waals surface area contributed by atoms with Crippen molar-refractivity contribution < 1.29 is 9.53 Å². The second-order valence-corrected chi connectivity index (χ2v) is 3.71. The van der Waals surface area contributed by atoms with Gasteiger partial charge in [-0.05, 0) is 19.1 Å². The largest absolute Gasteiger partial charge is 0.383 e. The van der Waals surface area contributed by atoms with Crippen molar-refractivity contribution in [3.05, 3.63) is 35.9 Å². The van der Waals surface area contributed by atoms with Crippen LogP contribution in [0.25, 0.3) is 5.52 Å². The predicted octanol–water partition coefficient (Wildman–Crippen LogP) is 1.02. The molecule has 5 nitrogen and oxygen atoms in total. The lowest BCUT2D eigenvalue weighted by atomic mass is 10.3. The molecule has 0 spiro atoms. The average molecular weight is 233 g/mol. The zero-order valence-electron chi connectivity index (χ0n) is 9.93. The minimum atomic E-state index is -0.168. The van der Waals surface area contributed by atoms with E-state index in [4.69, 9.17) is 4.74 Å². The molecule has 2 rings (SSSR count). The van der Waals surface area contributed by atoms with Gasteiger partial charge in [-0.2, -0.15) is 0 Å². The maximum absolute atomic E-state index is 11.9. The van der Waals surface area contributed by atoms with E-state index in [2.05, 4.69) is 10.3 Å². The minimum Gasteiger partial charge on any atom is -0.383 e. The Morgan fingerprint density at radius 1 is 1.53 bits per heavy atom. The fourth-order valence-electron chi connectivity index (χ4n) is 1.71. The fraction of sp³-hybridized carbons (Fsp3) is 0.333. The number of nitrogens with zero attached hydrogens (tertiary/aromatic N) is 2. The van der Waals surface area contributed by atoms with Crippen molar-refractivity contribution in [1.29, 1.82) is 0 Å². The van der Waals surface area contributed by atoms with E-state index in [0.717, 1.165) is 11.3 Å². The number of carbonyl (C=O) groups is 1. The van der Waals surface area contributed by atoms with Gasteiger partial charge in [0.2, 0.25) is 0 Å². The van der Waals surface area contributed by atoms with E-state index in [0.29, 0.717) is 18.8 Å². The van der Waals surface area contributed by atoms with Crippen LogP contribution in [0, 0.1) is 6.92 Å². The molecule has 17 heavy (non-hydrogen) atoms. The number of fused-ring (bicyclic) bond motifs is 1. The molecule has 0 bridgehead atoms. The van der Waals surface area contributed by atoms with Crippen LogP contribution in [0.4, 0.5) is 0 Å². The van der Waals surface area contributed by atoms with Crippen LogP contribution in [-0.4, -0.2) is 35.6 Å². The first-order valence-electron chi connectivity index (χ1n) is 5.45. The van der Waals surface area contributed by atoms with Crippen LogP contribution in [0.15, 0.2) is 24.4 Å². The molecular formula is C12H15N3O2. The van der Waals surface area contributed by atoms with Gasteiger partial charge in [0.05, 0.1) is 12.1 Å². The zero-order chi connectivity index (χ0) is 12.3. The zero-order valence-corrected chi connectivity index (χ0v) is 9.93. The second-order valence-electron chi connectivity index (χ2n) is 3.71.